The number of aryl methyl sites for hydroxylation is 2. The number of nitrogens with zero attached hydrogens (tertiary/aromatic N) is 4. The molecule has 0 bridgehead atoms. The van der Waals surface area contributed by atoms with Gasteiger partial charge in [-0.25, -0.2) is 4.98 Å². The highest BCUT2D eigenvalue weighted by Crippen LogP contribution is 2.36. The number of aromatic nitrogens is 3. The molecule has 1 aliphatic carbocycles. The van der Waals surface area contributed by atoms with Crippen molar-refractivity contribution in [3.63, 3.8) is 0 Å². The van der Waals surface area contributed by atoms with Gasteiger partial charge in [0.25, 0.3) is 0 Å². The Labute approximate surface area is 200 Å². The average molecular weight is 493 g/mol. The first kappa shape index (κ1) is 24.3. The summed E-state index contributed by atoms with van der Waals surface area (Å²) in [6, 6.07) is 5.65. The zero-order valence-electron chi connectivity index (χ0n) is 19.0. The van der Waals surface area contributed by atoms with E-state index in [-0.39, 0.29) is 23.4 Å². The van der Waals surface area contributed by atoms with E-state index in [0.717, 1.165) is 25.3 Å². The van der Waals surface area contributed by atoms with Gasteiger partial charge in [0.15, 0.2) is 0 Å². The van der Waals surface area contributed by atoms with Crippen molar-refractivity contribution < 1.29 is 18.3 Å². The number of halogens is 4. The lowest BCUT2D eigenvalue weighted by molar-refractivity contribution is -0.213. The summed E-state index contributed by atoms with van der Waals surface area (Å²) >= 11 is 6.10. The highest BCUT2D eigenvalue weighted by molar-refractivity contribution is 6.31. The van der Waals surface area contributed by atoms with Crippen molar-refractivity contribution in [1.29, 1.82) is 0 Å². The molecule has 182 valence electrons. The van der Waals surface area contributed by atoms with E-state index in [1.54, 1.807) is 23.9 Å². The molecule has 1 aromatic carbocycles. The molecule has 3 aromatic rings. The lowest BCUT2D eigenvalue weighted by Gasteiger charge is -2.30. The minimum atomic E-state index is -4.55. The zero-order valence-corrected chi connectivity index (χ0v) is 19.7. The van der Waals surface area contributed by atoms with Crippen LogP contribution in [0.4, 0.5) is 18.9 Å². The van der Waals surface area contributed by atoms with Crippen LogP contribution in [0, 0.1) is 12.8 Å². The third-order valence-corrected chi connectivity index (χ3v) is 6.43. The Morgan fingerprint density at radius 2 is 2.09 bits per heavy atom. The Morgan fingerprint density at radius 3 is 2.79 bits per heavy atom. The summed E-state index contributed by atoms with van der Waals surface area (Å²) in [6.07, 6.45) is 0.495. The van der Waals surface area contributed by atoms with Crippen LogP contribution in [-0.2, 0) is 12.7 Å². The number of hydrogen-bond donors (Lipinski definition) is 1. The Balaban J connectivity index is 1.50. The van der Waals surface area contributed by atoms with Gasteiger partial charge >= 0.3 is 6.18 Å². The average Bonchev–Trinajstić information content (AvgIpc) is 3.18. The molecule has 6 nitrogen and oxygen atoms in total. The number of rotatable bonds is 6. The second-order valence-electron chi connectivity index (χ2n) is 8.72. The molecule has 2 aromatic heterocycles. The largest absolute Gasteiger partial charge is 0.858 e. The second-order valence-corrected chi connectivity index (χ2v) is 9.15. The summed E-state index contributed by atoms with van der Waals surface area (Å²) < 4.78 is 42.0. The van der Waals surface area contributed by atoms with Crippen LogP contribution < -0.4 is 10.4 Å². The molecule has 1 saturated carbocycles. The van der Waals surface area contributed by atoms with Crippen LogP contribution in [0.3, 0.4) is 0 Å². The van der Waals surface area contributed by atoms with Crippen molar-refractivity contribution in [3.05, 3.63) is 52.4 Å². The fourth-order valence-electron chi connectivity index (χ4n) is 4.46. The van der Waals surface area contributed by atoms with E-state index in [1.807, 2.05) is 6.92 Å². The maximum Gasteiger partial charge on any atom is 0.433 e. The smallest absolute Gasteiger partial charge is 0.433 e. The summed E-state index contributed by atoms with van der Waals surface area (Å²) in [5.41, 5.74) is 0.814. The normalized spacial score (nSPS) is 19.5. The molecule has 1 fully saturated rings. The predicted molar refractivity (Wildman–Crippen MR) is 125 cm³/mol. The molecule has 34 heavy (non-hydrogen) atoms. The molecule has 0 amide bonds. The number of anilines is 1. The van der Waals surface area contributed by atoms with Crippen LogP contribution in [0.2, 0.25) is 5.02 Å². The maximum absolute atomic E-state index is 13.4. The summed E-state index contributed by atoms with van der Waals surface area (Å²) in [5, 5.41) is 21.1. The first-order chi connectivity index (χ1) is 16.1. The van der Waals surface area contributed by atoms with Gasteiger partial charge in [-0.2, -0.15) is 18.3 Å². The van der Waals surface area contributed by atoms with Crippen molar-refractivity contribution in [2.75, 3.05) is 11.9 Å². The van der Waals surface area contributed by atoms with Crippen LogP contribution in [0.1, 0.15) is 49.6 Å². The maximum atomic E-state index is 13.4. The van der Waals surface area contributed by atoms with E-state index >= 15 is 0 Å². The fourth-order valence-corrected chi connectivity index (χ4v) is 4.63. The highest BCUT2D eigenvalue weighted by Gasteiger charge is 2.34. The molecule has 1 aliphatic rings. The molecular formula is C24H26ClF3N5O-. The van der Waals surface area contributed by atoms with E-state index in [9.17, 15) is 18.3 Å². The van der Waals surface area contributed by atoms with Crippen molar-refractivity contribution in [3.8, 4) is 0 Å². The third kappa shape index (κ3) is 5.46. The summed E-state index contributed by atoms with van der Waals surface area (Å²) in [5.74, 6) is -0.118. The lowest BCUT2D eigenvalue weighted by Crippen LogP contribution is -2.29. The molecule has 10 heteroatoms. The summed E-state index contributed by atoms with van der Waals surface area (Å²) in [6.45, 7) is 4.79. The lowest BCUT2D eigenvalue weighted by atomic mass is 9.85. The number of benzene rings is 1. The van der Waals surface area contributed by atoms with Gasteiger partial charge in [0, 0.05) is 47.0 Å². The van der Waals surface area contributed by atoms with Gasteiger partial charge in [-0.15, -0.1) is 0 Å². The topological polar surface area (TPSA) is 78.2 Å². The summed E-state index contributed by atoms with van der Waals surface area (Å²) in [7, 11) is 0. The Morgan fingerprint density at radius 1 is 1.29 bits per heavy atom. The number of pyridine rings is 1. The third-order valence-electron chi connectivity index (χ3n) is 6.20. The first-order valence-corrected chi connectivity index (χ1v) is 11.7. The monoisotopic (exact) mass is 492 g/mol. The predicted octanol–water partition coefficient (Wildman–Crippen LogP) is 5.21. The molecule has 2 atom stereocenters. The molecule has 2 heterocycles. The molecule has 0 radical (unpaired) electrons. The molecule has 0 aliphatic heterocycles. The number of hydrogen-bond acceptors (Lipinski definition) is 5. The van der Waals surface area contributed by atoms with Crippen LogP contribution in [-0.4, -0.2) is 33.2 Å². The van der Waals surface area contributed by atoms with Gasteiger partial charge in [-0.05, 0) is 69.2 Å². The molecule has 4 rings (SSSR count). The first-order valence-electron chi connectivity index (χ1n) is 11.3. The van der Waals surface area contributed by atoms with E-state index in [4.69, 9.17) is 11.6 Å². The molecule has 0 spiro atoms. The van der Waals surface area contributed by atoms with E-state index in [2.05, 4.69) is 20.4 Å². The minimum absolute atomic E-state index is 0.0423. The fraction of sp³-hybridized carbons (Fsp3) is 0.458. The SMILES string of the molecule is CCn1cc(C([O-])=NCC2CCC[C@H](Nc3cc(C(F)(F)F)nc4ccc(Cl)cc34)C2)c(C)n1. The van der Waals surface area contributed by atoms with Crippen molar-refractivity contribution in [2.45, 2.75) is 58.3 Å². The molecule has 1 unspecified atom stereocenters. The highest BCUT2D eigenvalue weighted by atomic mass is 35.5. The van der Waals surface area contributed by atoms with E-state index in [0.29, 0.717) is 46.9 Å². The van der Waals surface area contributed by atoms with Gasteiger partial charge in [-0.3, -0.25) is 4.68 Å². The van der Waals surface area contributed by atoms with Gasteiger partial charge in [0.05, 0.1) is 11.2 Å². The molecular weight excluding hydrogens is 467 g/mol. The van der Waals surface area contributed by atoms with Crippen LogP contribution in [0.5, 0.6) is 0 Å². The quantitative estimate of drug-likeness (QED) is 0.378. The van der Waals surface area contributed by atoms with Crippen LogP contribution in [0.15, 0.2) is 35.5 Å². The van der Waals surface area contributed by atoms with Crippen molar-refractivity contribution in [2.24, 2.45) is 10.9 Å². The van der Waals surface area contributed by atoms with Crippen molar-refractivity contribution >= 4 is 34.1 Å². The van der Waals surface area contributed by atoms with Gasteiger partial charge < -0.3 is 15.4 Å². The number of fused-ring (bicyclic) bond motifs is 1. The van der Waals surface area contributed by atoms with E-state index < -0.39 is 11.9 Å². The van der Waals surface area contributed by atoms with Gasteiger partial charge in [-0.1, -0.05) is 18.0 Å². The Bertz CT molecular complexity index is 1210. The number of aliphatic imine (C=N–C) groups is 1. The molecule has 0 saturated heterocycles. The standard InChI is InChI=1S/C24H27ClF3N5O/c1-3-33-13-19(14(2)32-33)23(34)29-12-15-5-4-6-17(9-15)30-21-11-22(24(26,27)28)31-20-8-7-16(25)10-18(20)21/h7-8,10-11,13,15,17H,3-6,9,12H2,1-2H3,(H,29,34)(H,30,31)/p-1/t15?,17-/m0/s1. The number of alkyl halides is 3. The van der Waals surface area contributed by atoms with E-state index in [1.165, 1.54) is 12.1 Å². The second kappa shape index (κ2) is 9.82. The van der Waals surface area contributed by atoms with Gasteiger partial charge in [0.1, 0.15) is 5.69 Å². The van der Waals surface area contributed by atoms with Crippen molar-refractivity contribution in [1.82, 2.24) is 14.8 Å². The zero-order chi connectivity index (χ0) is 24.5. The van der Waals surface area contributed by atoms with Crippen LogP contribution in [0.25, 0.3) is 10.9 Å². The molecule has 1 N–H and O–H groups in total. The van der Waals surface area contributed by atoms with Gasteiger partial charge in [0.2, 0.25) is 0 Å². The Hall–Kier alpha value is -2.81. The number of nitrogens with one attached hydrogen (secondary N) is 1. The Kier molecular flexibility index (Phi) is 7.02. The van der Waals surface area contributed by atoms with Crippen LogP contribution >= 0.6 is 11.6 Å². The summed E-state index contributed by atoms with van der Waals surface area (Å²) in [4.78, 5) is 8.05. The minimum Gasteiger partial charge on any atom is -0.858 e.